The normalized spacial score (nSPS) is 10.3. The highest BCUT2D eigenvalue weighted by molar-refractivity contribution is 4.26. The molecule has 0 aromatic rings. The van der Waals surface area contributed by atoms with Crippen molar-refractivity contribution in [2.24, 2.45) is 5.84 Å². The second kappa shape index (κ2) is 4.01. The molecular formula is C3H12N4. The van der Waals surface area contributed by atoms with Crippen LogP contribution in [0.1, 0.15) is 6.92 Å². The molecule has 0 aliphatic heterocycles. The van der Waals surface area contributed by atoms with E-state index in [9.17, 15) is 0 Å². The van der Waals surface area contributed by atoms with Crippen LogP contribution in [0.25, 0.3) is 0 Å². The molecule has 0 aromatic carbocycles. The number of rotatable bonds is 3. The van der Waals surface area contributed by atoms with Crippen molar-refractivity contribution in [1.29, 1.82) is 0 Å². The molecule has 0 aliphatic rings. The highest BCUT2D eigenvalue weighted by Gasteiger charge is 1.87. The van der Waals surface area contributed by atoms with E-state index in [4.69, 9.17) is 5.84 Å². The van der Waals surface area contributed by atoms with Crippen LogP contribution in [-0.4, -0.2) is 18.7 Å². The molecule has 0 rings (SSSR count). The number of hydrogen-bond acceptors (Lipinski definition) is 4. The van der Waals surface area contributed by atoms with E-state index in [0.717, 1.165) is 6.54 Å². The van der Waals surface area contributed by atoms with Crippen molar-refractivity contribution < 1.29 is 0 Å². The van der Waals surface area contributed by atoms with Gasteiger partial charge in [-0.15, -0.1) is 0 Å². The Kier molecular flexibility index (Phi) is 3.92. The quantitative estimate of drug-likeness (QED) is 0.311. The molecule has 0 saturated carbocycles. The molecule has 0 unspecified atom stereocenters. The highest BCUT2D eigenvalue weighted by atomic mass is 15.8. The zero-order valence-electron chi connectivity index (χ0n) is 4.73. The van der Waals surface area contributed by atoms with Gasteiger partial charge in [-0.05, 0) is 6.92 Å². The minimum absolute atomic E-state index is 0.840. The predicted molar refractivity (Wildman–Crippen MR) is 28.8 cm³/mol. The van der Waals surface area contributed by atoms with Crippen LogP contribution in [-0.2, 0) is 0 Å². The Labute approximate surface area is 43.6 Å². The lowest BCUT2D eigenvalue weighted by atomic mass is 10.8. The van der Waals surface area contributed by atoms with E-state index >= 15 is 0 Å². The number of hydrazine groups is 3. The van der Waals surface area contributed by atoms with Crippen molar-refractivity contribution in [2.45, 2.75) is 6.92 Å². The summed E-state index contributed by atoms with van der Waals surface area (Å²) in [6.45, 7) is 2.82. The van der Waals surface area contributed by atoms with Crippen LogP contribution in [0.2, 0.25) is 0 Å². The molecular weight excluding hydrogens is 92.1 g/mol. The number of nitrogens with one attached hydrogen (secondary N) is 2. The van der Waals surface area contributed by atoms with Crippen molar-refractivity contribution in [3.63, 3.8) is 0 Å². The van der Waals surface area contributed by atoms with Crippen LogP contribution in [0.4, 0.5) is 0 Å². The first-order chi connectivity index (χ1) is 3.35. The predicted octanol–water partition coefficient (Wildman–Crippen LogP) is -1.18. The number of nitrogens with zero attached hydrogens (tertiary/aromatic N) is 1. The van der Waals surface area contributed by atoms with Gasteiger partial charge in [0.15, 0.2) is 0 Å². The summed E-state index contributed by atoms with van der Waals surface area (Å²) in [5, 5.41) is 1.65. The van der Waals surface area contributed by atoms with Gasteiger partial charge in [-0.3, -0.25) is 5.84 Å². The minimum Gasteiger partial charge on any atom is -0.256 e. The van der Waals surface area contributed by atoms with E-state index in [1.807, 2.05) is 6.92 Å². The van der Waals surface area contributed by atoms with E-state index in [2.05, 4.69) is 11.0 Å². The van der Waals surface area contributed by atoms with E-state index < -0.39 is 0 Å². The van der Waals surface area contributed by atoms with Gasteiger partial charge in [-0.25, -0.2) is 5.43 Å². The van der Waals surface area contributed by atoms with Gasteiger partial charge in [-0.1, -0.05) is 0 Å². The second-order valence-corrected chi connectivity index (χ2v) is 1.10. The van der Waals surface area contributed by atoms with Crippen LogP contribution in [0.5, 0.6) is 0 Å². The van der Waals surface area contributed by atoms with Gasteiger partial charge in [-0.2, -0.15) is 10.7 Å². The van der Waals surface area contributed by atoms with Crippen molar-refractivity contribution in [3.05, 3.63) is 0 Å². The molecule has 4 nitrogen and oxygen atoms in total. The Morgan fingerprint density at radius 1 is 1.71 bits per heavy atom. The lowest BCUT2D eigenvalue weighted by molar-refractivity contribution is 0.139. The maximum atomic E-state index is 5.01. The smallest absolute Gasteiger partial charge is 0.0273 e. The molecule has 0 fully saturated rings. The molecule has 0 radical (unpaired) electrons. The fraction of sp³-hybridized carbons (Fsp3) is 1.00. The third-order valence-corrected chi connectivity index (χ3v) is 0.742. The monoisotopic (exact) mass is 104 g/mol. The molecule has 0 aliphatic carbocycles. The van der Waals surface area contributed by atoms with Gasteiger partial charge in [0.1, 0.15) is 0 Å². The summed E-state index contributed by atoms with van der Waals surface area (Å²) < 4.78 is 0. The summed E-state index contributed by atoms with van der Waals surface area (Å²) in [6.07, 6.45) is 0. The first-order valence-corrected chi connectivity index (χ1v) is 2.26. The molecule has 0 saturated heterocycles. The van der Waals surface area contributed by atoms with E-state index in [1.165, 1.54) is 0 Å². The summed E-state index contributed by atoms with van der Waals surface area (Å²) in [5.41, 5.74) is 5.22. The van der Waals surface area contributed by atoms with Crippen LogP contribution in [0.15, 0.2) is 0 Å². The largest absolute Gasteiger partial charge is 0.256 e. The Morgan fingerprint density at radius 2 is 2.29 bits per heavy atom. The first kappa shape index (κ1) is 6.84. The average molecular weight is 104 g/mol. The molecule has 4 N–H and O–H groups in total. The lowest BCUT2D eigenvalue weighted by Crippen LogP contribution is -2.49. The summed E-state index contributed by atoms with van der Waals surface area (Å²) in [5.74, 6) is 5.01. The topological polar surface area (TPSA) is 53.3 Å². The van der Waals surface area contributed by atoms with Gasteiger partial charge in [0, 0.05) is 13.6 Å². The molecule has 0 bridgehead atoms. The SMILES string of the molecule is CCN(NC)NN. The Bertz CT molecular complexity index is 28.4. The van der Waals surface area contributed by atoms with E-state index in [0.29, 0.717) is 0 Å². The van der Waals surface area contributed by atoms with Crippen molar-refractivity contribution >= 4 is 0 Å². The van der Waals surface area contributed by atoms with Gasteiger partial charge in [0.05, 0.1) is 0 Å². The molecule has 0 aromatic heterocycles. The van der Waals surface area contributed by atoms with Gasteiger partial charge >= 0.3 is 0 Å². The first-order valence-electron chi connectivity index (χ1n) is 2.26. The summed E-state index contributed by atoms with van der Waals surface area (Å²) in [6, 6.07) is 0. The van der Waals surface area contributed by atoms with E-state index in [-0.39, 0.29) is 0 Å². The second-order valence-electron chi connectivity index (χ2n) is 1.10. The highest BCUT2D eigenvalue weighted by Crippen LogP contribution is 1.63. The van der Waals surface area contributed by atoms with Crippen molar-refractivity contribution in [1.82, 2.24) is 16.1 Å². The third-order valence-electron chi connectivity index (χ3n) is 0.742. The fourth-order valence-electron chi connectivity index (χ4n) is 0.314. The molecule has 0 atom stereocenters. The lowest BCUT2D eigenvalue weighted by Gasteiger charge is -2.15. The van der Waals surface area contributed by atoms with Crippen molar-refractivity contribution in [2.75, 3.05) is 13.6 Å². The van der Waals surface area contributed by atoms with Gasteiger partial charge in [0.2, 0.25) is 0 Å². The number of hydrogen-bond donors (Lipinski definition) is 3. The summed E-state index contributed by atoms with van der Waals surface area (Å²) in [7, 11) is 1.80. The standard InChI is InChI=1S/C3H12N4/c1-3-7(5-2)6-4/h5-6H,3-4H2,1-2H3. The van der Waals surface area contributed by atoms with Crippen molar-refractivity contribution in [3.8, 4) is 0 Å². The summed E-state index contributed by atoms with van der Waals surface area (Å²) in [4.78, 5) is 0. The maximum Gasteiger partial charge on any atom is 0.0273 e. The molecule has 7 heavy (non-hydrogen) atoms. The zero-order chi connectivity index (χ0) is 5.70. The van der Waals surface area contributed by atoms with E-state index in [1.54, 1.807) is 12.2 Å². The molecule has 0 amide bonds. The zero-order valence-corrected chi connectivity index (χ0v) is 4.73. The van der Waals surface area contributed by atoms with Crippen LogP contribution in [0, 0.1) is 0 Å². The Hall–Kier alpha value is -0.160. The van der Waals surface area contributed by atoms with Crippen LogP contribution < -0.4 is 16.8 Å². The van der Waals surface area contributed by atoms with Gasteiger partial charge < -0.3 is 0 Å². The average Bonchev–Trinajstić information content (AvgIpc) is 1.72. The summed E-state index contributed by atoms with van der Waals surface area (Å²) >= 11 is 0. The Balaban J connectivity index is 2.99. The Morgan fingerprint density at radius 3 is 2.29 bits per heavy atom. The maximum absolute atomic E-state index is 5.01. The number of nitrogens with two attached hydrogens (primary N) is 1. The molecule has 4 heteroatoms. The minimum atomic E-state index is 0.840. The van der Waals surface area contributed by atoms with Crippen LogP contribution >= 0.6 is 0 Å². The third kappa shape index (κ3) is 2.52. The molecule has 44 valence electrons. The molecule has 0 spiro atoms. The fourth-order valence-corrected chi connectivity index (χ4v) is 0.314. The van der Waals surface area contributed by atoms with Gasteiger partial charge in [0.25, 0.3) is 0 Å². The van der Waals surface area contributed by atoms with Crippen LogP contribution in [0.3, 0.4) is 0 Å². The molecule has 0 heterocycles.